The van der Waals surface area contributed by atoms with Gasteiger partial charge in [0.25, 0.3) is 0 Å². The molecule has 0 aliphatic carbocycles. The largest absolute Gasteiger partial charge is 0.405 e. The maximum absolute atomic E-state index is 12.8. The number of carbonyl (C=O) groups excluding carboxylic acids is 1. The van der Waals surface area contributed by atoms with Crippen LogP contribution >= 0.6 is 0 Å². The predicted molar refractivity (Wildman–Crippen MR) is 54.5 cm³/mol. The summed E-state index contributed by atoms with van der Waals surface area (Å²) in [6.45, 7) is 3.92. The molecule has 1 amide bonds. The van der Waals surface area contributed by atoms with Crippen LogP contribution < -0.4 is 11.5 Å². The average Bonchev–Trinajstić information content (AvgIpc) is 1.97. The molecule has 96 valence electrons. The first-order chi connectivity index (χ1) is 7.07. The van der Waals surface area contributed by atoms with Gasteiger partial charge in [-0.2, -0.15) is 13.2 Å². The Labute approximate surface area is 92.8 Å². The standard InChI is InChI=1S/C9H18F3N3O/c1-5(2)15(4-7(14)16)8(6(3)13)9(10,11)12/h5-6,8H,4,13H2,1-3H3,(H2,14,16). The summed E-state index contributed by atoms with van der Waals surface area (Å²) in [6, 6.07) is -3.45. The summed E-state index contributed by atoms with van der Waals surface area (Å²) < 4.78 is 38.3. The predicted octanol–water partition coefficient (Wildman–Crippen LogP) is 0.460. The van der Waals surface area contributed by atoms with E-state index in [-0.39, 0.29) is 0 Å². The van der Waals surface area contributed by atoms with Gasteiger partial charge in [-0.3, -0.25) is 9.69 Å². The highest BCUT2D eigenvalue weighted by atomic mass is 19.4. The average molecular weight is 241 g/mol. The third-order valence-electron chi connectivity index (χ3n) is 2.19. The topological polar surface area (TPSA) is 72.3 Å². The maximum atomic E-state index is 12.8. The first-order valence-electron chi connectivity index (χ1n) is 4.93. The van der Waals surface area contributed by atoms with E-state index in [4.69, 9.17) is 11.5 Å². The molecular weight excluding hydrogens is 223 g/mol. The molecule has 0 aromatic rings. The van der Waals surface area contributed by atoms with Crippen molar-refractivity contribution < 1.29 is 18.0 Å². The van der Waals surface area contributed by atoms with Gasteiger partial charge in [0, 0.05) is 12.1 Å². The van der Waals surface area contributed by atoms with Crippen molar-refractivity contribution >= 4 is 5.91 Å². The molecule has 0 saturated carbocycles. The Morgan fingerprint density at radius 1 is 1.31 bits per heavy atom. The van der Waals surface area contributed by atoms with Crippen molar-refractivity contribution in [3.8, 4) is 0 Å². The molecule has 0 saturated heterocycles. The van der Waals surface area contributed by atoms with Crippen LogP contribution in [0.25, 0.3) is 0 Å². The number of amides is 1. The monoisotopic (exact) mass is 241 g/mol. The summed E-state index contributed by atoms with van der Waals surface area (Å²) in [6.07, 6.45) is -4.48. The zero-order valence-electron chi connectivity index (χ0n) is 9.58. The third kappa shape index (κ3) is 4.36. The van der Waals surface area contributed by atoms with Gasteiger partial charge in [0.2, 0.25) is 5.91 Å². The van der Waals surface area contributed by atoms with E-state index in [2.05, 4.69) is 0 Å². The maximum Gasteiger partial charge on any atom is 0.405 e. The fourth-order valence-electron chi connectivity index (χ4n) is 1.57. The van der Waals surface area contributed by atoms with Crippen molar-refractivity contribution in [1.29, 1.82) is 0 Å². The van der Waals surface area contributed by atoms with Gasteiger partial charge in [-0.1, -0.05) is 0 Å². The van der Waals surface area contributed by atoms with Crippen LogP contribution in [0.15, 0.2) is 0 Å². The lowest BCUT2D eigenvalue weighted by Crippen LogP contribution is -2.58. The lowest BCUT2D eigenvalue weighted by molar-refractivity contribution is -0.192. The number of nitrogens with two attached hydrogens (primary N) is 2. The molecule has 2 unspecified atom stereocenters. The number of halogens is 3. The molecule has 7 heteroatoms. The van der Waals surface area contributed by atoms with Crippen LogP contribution in [0, 0.1) is 0 Å². The van der Waals surface area contributed by atoms with E-state index < -0.39 is 36.8 Å². The molecule has 0 heterocycles. The fraction of sp³-hybridized carbons (Fsp3) is 0.889. The van der Waals surface area contributed by atoms with Crippen LogP contribution in [0.3, 0.4) is 0 Å². The summed E-state index contributed by atoms with van der Waals surface area (Å²) in [5.74, 6) is -0.802. The first kappa shape index (κ1) is 15.2. The number of primary amides is 1. The molecule has 0 rings (SSSR count). The summed E-state index contributed by atoms with van der Waals surface area (Å²) in [4.78, 5) is 11.7. The molecule has 0 aliphatic heterocycles. The molecular formula is C9H18F3N3O. The van der Waals surface area contributed by atoms with Crippen molar-refractivity contribution in [2.45, 2.75) is 45.1 Å². The van der Waals surface area contributed by atoms with Gasteiger partial charge in [0.15, 0.2) is 0 Å². The quantitative estimate of drug-likeness (QED) is 0.734. The van der Waals surface area contributed by atoms with Gasteiger partial charge < -0.3 is 11.5 Å². The van der Waals surface area contributed by atoms with Gasteiger partial charge in [-0.25, -0.2) is 0 Å². The molecule has 0 aliphatic rings. The Balaban J connectivity index is 5.03. The third-order valence-corrected chi connectivity index (χ3v) is 2.19. The summed E-state index contributed by atoms with van der Waals surface area (Å²) in [5, 5.41) is 0. The molecule has 0 bridgehead atoms. The molecule has 0 radical (unpaired) electrons. The number of hydrogen-bond acceptors (Lipinski definition) is 3. The minimum absolute atomic E-state index is 0.455. The number of alkyl halides is 3. The Hall–Kier alpha value is -0.820. The van der Waals surface area contributed by atoms with E-state index >= 15 is 0 Å². The minimum Gasteiger partial charge on any atom is -0.369 e. The van der Waals surface area contributed by atoms with Crippen molar-refractivity contribution in [3.63, 3.8) is 0 Å². The van der Waals surface area contributed by atoms with Gasteiger partial charge in [-0.15, -0.1) is 0 Å². The molecule has 0 fully saturated rings. The van der Waals surface area contributed by atoms with Gasteiger partial charge in [0.1, 0.15) is 6.04 Å². The van der Waals surface area contributed by atoms with E-state index in [1.807, 2.05) is 0 Å². The second-order valence-electron chi connectivity index (χ2n) is 4.08. The second kappa shape index (κ2) is 5.49. The fourth-order valence-corrected chi connectivity index (χ4v) is 1.57. The van der Waals surface area contributed by atoms with Crippen LogP contribution in [0.2, 0.25) is 0 Å². The van der Waals surface area contributed by atoms with Crippen molar-refractivity contribution in [3.05, 3.63) is 0 Å². The molecule has 0 aromatic heterocycles. The summed E-state index contributed by atoms with van der Waals surface area (Å²) in [5.41, 5.74) is 10.2. The highest BCUT2D eigenvalue weighted by Crippen LogP contribution is 2.27. The number of hydrogen-bond donors (Lipinski definition) is 2. The van der Waals surface area contributed by atoms with E-state index in [0.29, 0.717) is 0 Å². The Morgan fingerprint density at radius 3 is 1.94 bits per heavy atom. The van der Waals surface area contributed by atoms with Crippen molar-refractivity contribution in [2.75, 3.05) is 6.54 Å². The first-order valence-corrected chi connectivity index (χ1v) is 4.93. The van der Waals surface area contributed by atoms with Crippen LogP contribution in [-0.4, -0.2) is 41.7 Å². The van der Waals surface area contributed by atoms with Crippen molar-refractivity contribution in [2.24, 2.45) is 11.5 Å². The van der Waals surface area contributed by atoms with Crippen LogP contribution in [0.1, 0.15) is 20.8 Å². The number of carbonyl (C=O) groups is 1. The molecule has 0 spiro atoms. The van der Waals surface area contributed by atoms with Gasteiger partial charge in [0.05, 0.1) is 6.54 Å². The molecule has 4 nitrogen and oxygen atoms in total. The smallest absolute Gasteiger partial charge is 0.369 e. The van der Waals surface area contributed by atoms with E-state index in [9.17, 15) is 18.0 Å². The summed E-state index contributed by atoms with van der Waals surface area (Å²) in [7, 11) is 0. The molecule has 2 atom stereocenters. The second-order valence-corrected chi connectivity index (χ2v) is 4.08. The number of nitrogens with zero attached hydrogens (tertiary/aromatic N) is 1. The molecule has 16 heavy (non-hydrogen) atoms. The lowest BCUT2D eigenvalue weighted by atomic mass is 10.1. The Kier molecular flexibility index (Phi) is 5.21. The van der Waals surface area contributed by atoms with Gasteiger partial charge >= 0.3 is 6.18 Å². The van der Waals surface area contributed by atoms with Gasteiger partial charge in [-0.05, 0) is 20.8 Å². The van der Waals surface area contributed by atoms with Crippen LogP contribution in [-0.2, 0) is 4.79 Å². The Bertz CT molecular complexity index is 241. The van der Waals surface area contributed by atoms with E-state index in [1.165, 1.54) is 6.92 Å². The van der Waals surface area contributed by atoms with E-state index in [1.54, 1.807) is 13.8 Å². The highest BCUT2D eigenvalue weighted by Gasteiger charge is 2.46. The molecule has 0 aromatic carbocycles. The van der Waals surface area contributed by atoms with Crippen molar-refractivity contribution in [1.82, 2.24) is 4.90 Å². The summed E-state index contributed by atoms with van der Waals surface area (Å²) >= 11 is 0. The SMILES string of the molecule is CC(N)C(N(CC(N)=O)C(C)C)C(F)(F)F. The zero-order chi connectivity index (χ0) is 13.1. The number of rotatable bonds is 5. The van der Waals surface area contributed by atoms with Crippen LogP contribution in [0.4, 0.5) is 13.2 Å². The Morgan fingerprint density at radius 2 is 1.75 bits per heavy atom. The molecule has 4 N–H and O–H groups in total. The minimum atomic E-state index is -4.48. The lowest BCUT2D eigenvalue weighted by Gasteiger charge is -2.37. The van der Waals surface area contributed by atoms with Crippen LogP contribution in [0.5, 0.6) is 0 Å². The van der Waals surface area contributed by atoms with E-state index in [0.717, 1.165) is 4.90 Å². The zero-order valence-corrected chi connectivity index (χ0v) is 9.58. The normalized spacial score (nSPS) is 16.6. The highest BCUT2D eigenvalue weighted by molar-refractivity contribution is 5.76.